The van der Waals surface area contributed by atoms with Crippen LogP contribution in [0.15, 0.2) is 0 Å². The minimum absolute atomic E-state index is 0.224. The number of nitrogens with zero attached hydrogens (tertiary/aromatic N) is 1. The van der Waals surface area contributed by atoms with Crippen molar-refractivity contribution < 1.29 is 14.7 Å². The predicted octanol–water partition coefficient (Wildman–Crippen LogP) is -0.164. The third-order valence-corrected chi connectivity index (χ3v) is 4.52. The van der Waals surface area contributed by atoms with Crippen LogP contribution < -0.4 is 16.0 Å². The van der Waals surface area contributed by atoms with E-state index in [-0.39, 0.29) is 12.6 Å². The van der Waals surface area contributed by atoms with E-state index < -0.39 is 11.4 Å². The SMILES string of the molecule is O=C(NCCN1CCNCC1)NCC1(C(=O)O)CCCC1. The van der Waals surface area contributed by atoms with Gasteiger partial charge in [0.05, 0.1) is 5.41 Å². The molecule has 0 unspecified atom stereocenters. The van der Waals surface area contributed by atoms with Crippen LogP contribution in [0.5, 0.6) is 0 Å². The lowest BCUT2D eigenvalue weighted by molar-refractivity contribution is -0.148. The zero-order valence-corrected chi connectivity index (χ0v) is 12.5. The van der Waals surface area contributed by atoms with Crippen molar-refractivity contribution in [1.82, 2.24) is 20.9 Å². The maximum absolute atomic E-state index is 11.8. The molecule has 0 atom stereocenters. The Bertz CT molecular complexity index is 363. The van der Waals surface area contributed by atoms with Crippen LogP contribution in [-0.2, 0) is 4.79 Å². The van der Waals surface area contributed by atoms with E-state index in [4.69, 9.17) is 0 Å². The second-order valence-corrected chi connectivity index (χ2v) is 5.99. The Kier molecular flexibility index (Phi) is 5.81. The highest BCUT2D eigenvalue weighted by atomic mass is 16.4. The van der Waals surface area contributed by atoms with E-state index >= 15 is 0 Å². The first-order valence-electron chi connectivity index (χ1n) is 7.81. The molecule has 2 fully saturated rings. The fraction of sp³-hybridized carbons (Fsp3) is 0.857. The molecule has 1 saturated carbocycles. The summed E-state index contributed by atoms with van der Waals surface area (Å²) in [7, 11) is 0. The van der Waals surface area contributed by atoms with Crippen LogP contribution in [-0.4, -0.2) is 67.8 Å². The molecule has 2 amide bonds. The number of aliphatic carboxylic acids is 1. The van der Waals surface area contributed by atoms with Crippen molar-refractivity contribution in [3.8, 4) is 0 Å². The molecule has 0 bridgehead atoms. The molecule has 4 N–H and O–H groups in total. The van der Waals surface area contributed by atoms with Crippen molar-refractivity contribution in [2.24, 2.45) is 5.41 Å². The minimum atomic E-state index is -0.791. The summed E-state index contributed by atoms with van der Waals surface area (Å²) in [6, 6.07) is -0.266. The number of carboxylic acids is 1. The molecule has 120 valence electrons. The van der Waals surface area contributed by atoms with Gasteiger partial charge in [-0.05, 0) is 12.8 Å². The molecular formula is C14H26N4O3. The molecule has 2 rings (SSSR count). The Balaban J connectivity index is 1.63. The molecule has 0 aromatic heterocycles. The Morgan fingerprint density at radius 2 is 1.81 bits per heavy atom. The van der Waals surface area contributed by atoms with Gasteiger partial charge < -0.3 is 21.1 Å². The van der Waals surface area contributed by atoms with Crippen molar-refractivity contribution in [3.05, 3.63) is 0 Å². The number of amides is 2. The molecule has 2 aliphatic rings. The van der Waals surface area contributed by atoms with Crippen LogP contribution in [0.3, 0.4) is 0 Å². The molecule has 21 heavy (non-hydrogen) atoms. The number of rotatable bonds is 6. The van der Waals surface area contributed by atoms with Crippen molar-refractivity contribution in [2.75, 3.05) is 45.8 Å². The second-order valence-electron chi connectivity index (χ2n) is 5.99. The van der Waals surface area contributed by atoms with Gasteiger partial charge in [0.25, 0.3) is 0 Å². The standard InChI is InChI=1S/C14H26N4O3/c19-12(20)14(3-1-2-4-14)11-17-13(21)16-7-10-18-8-5-15-6-9-18/h15H,1-11H2,(H,19,20)(H2,16,17,21). The fourth-order valence-corrected chi connectivity index (χ4v) is 3.09. The highest BCUT2D eigenvalue weighted by Crippen LogP contribution is 2.37. The maximum atomic E-state index is 11.8. The van der Waals surface area contributed by atoms with Crippen LogP contribution in [0.1, 0.15) is 25.7 Å². The summed E-state index contributed by atoms with van der Waals surface area (Å²) in [6.45, 7) is 5.64. The lowest BCUT2D eigenvalue weighted by atomic mass is 9.86. The maximum Gasteiger partial charge on any atom is 0.314 e. The number of hydrogen-bond acceptors (Lipinski definition) is 4. The lowest BCUT2D eigenvalue weighted by Gasteiger charge is -2.27. The average molecular weight is 298 g/mol. The zero-order valence-electron chi connectivity index (χ0n) is 12.5. The van der Waals surface area contributed by atoms with Gasteiger partial charge in [-0.25, -0.2) is 4.79 Å². The van der Waals surface area contributed by atoms with Gasteiger partial charge in [0.1, 0.15) is 0 Å². The fourth-order valence-electron chi connectivity index (χ4n) is 3.09. The predicted molar refractivity (Wildman–Crippen MR) is 79.2 cm³/mol. The van der Waals surface area contributed by atoms with Crippen LogP contribution in [0.25, 0.3) is 0 Å². The lowest BCUT2D eigenvalue weighted by Crippen LogP contribution is -2.48. The summed E-state index contributed by atoms with van der Waals surface area (Å²) in [5, 5.41) is 18.1. The largest absolute Gasteiger partial charge is 0.481 e. The van der Waals surface area contributed by atoms with Crippen LogP contribution in [0.4, 0.5) is 4.79 Å². The Morgan fingerprint density at radius 3 is 2.43 bits per heavy atom. The first kappa shape index (κ1) is 16.0. The van der Waals surface area contributed by atoms with Gasteiger partial charge in [-0.2, -0.15) is 0 Å². The number of nitrogens with one attached hydrogen (secondary N) is 3. The van der Waals surface area contributed by atoms with E-state index in [2.05, 4.69) is 20.9 Å². The number of carbonyl (C=O) groups excluding carboxylic acids is 1. The Labute approximate surface area is 125 Å². The van der Waals surface area contributed by atoms with Crippen molar-refractivity contribution in [1.29, 1.82) is 0 Å². The zero-order chi connectivity index (χ0) is 15.1. The molecule has 1 saturated heterocycles. The first-order chi connectivity index (χ1) is 10.1. The summed E-state index contributed by atoms with van der Waals surface area (Å²) in [5.41, 5.74) is -0.754. The van der Waals surface area contributed by atoms with Crippen LogP contribution in [0, 0.1) is 5.41 Å². The molecule has 1 heterocycles. The molecule has 1 aliphatic heterocycles. The summed E-state index contributed by atoms with van der Waals surface area (Å²) in [6.07, 6.45) is 3.17. The Hall–Kier alpha value is -1.34. The second kappa shape index (κ2) is 7.61. The van der Waals surface area contributed by atoms with Gasteiger partial charge >= 0.3 is 12.0 Å². The molecule has 7 heteroatoms. The summed E-state index contributed by atoms with van der Waals surface area (Å²) < 4.78 is 0. The van der Waals surface area contributed by atoms with Crippen LogP contribution >= 0.6 is 0 Å². The van der Waals surface area contributed by atoms with Gasteiger partial charge in [-0.3, -0.25) is 9.69 Å². The van der Waals surface area contributed by atoms with E-state index in [0.29, 0.717) is 19.4 Å². The normalized spacial score (nSPS) is 21.9. The third-order valence-electron chi connectivity index (χ3n) is 4.52. The molecule has 0 radical (unpaired) electrons. The van der Waals surface area contributed by atoms with Gasteiger partial charge in [0.15, 0.2) is 0 Å². The topological polar surface area (TPSA) is 93.7 Å². The smallest absolute Gasteiger partial charge is 0.314 e. The van der Waals surface area contributed by atoms with E-state index in [9.17, 15) is 14.7 Å². The number of urea groups is 1. The van der Waals surface area contributed by atoms with E-state index in [1.807, 2.05) is 0 Å². The number of carboxylic acid groups (broad SMARTS) is 1. The molecular weight excluding hydrogens is 272 g/mol. The minimum Gasteiger partial charge on any atom is -0.481 e. The van der Waals surface area contributed by atoms with Gasteiger partial charge in [-0.15, -0.1) is 0 Å². The summed E-state index contributed by atoms with van der Waals surface area (Å²) >= 11 is 0. The van der Waals surface area contributed by atoms with Crippen molar-refractivity contribution in [2.45, 2.75) is 25.7 Å². The number of carbonyl (C=O) groups is 2. The highest BCUT2D eigenvalue weighted by Gasteiger charge is 2.41. The molecule has 0 aromatic carbocycles. The average Bonchev–Trinajstić information content (AvgIpc) is 2.96. The van der Waals surface area contributed by atoms with Crippen molar-refractivity contribution in [3.63, 3.8) is 0 Å². The molecule has 0 spiro atoms. The quantitative estimate of drug-likeness (QED) is 0.546. The highest BCUT2D eigenvalue weighted by molar-refractivity contribution is 5.78. The molecule has 1 aliphatic carbocycles. The van der Waals surface area contributed by atoms with Gasteiger partial charge in [0, 0.05) is 45.8 Å². The van der Waals surface area contributed by atoms with Gasteiger partial charge in [-0.1, -0.05) is 12.8 Å². The summed E-state index contributed by atoms with van der Waals surface area (Å²) in [4.78, 5) is 25.4. The number of hydrogen-bond donors (Lipinski definition) is 4. The van der Waals surface area contributed by atoms with Crippen LogP contribution in [0.2, 0.25) is 0 Å². The summed E-state index contributed by atoms with van der Waals surface area (Å²) in [5.74, 6) is -0.791. The molecule has 7 nitrogen and oxygen atoms in total. The van der Waals surface area contributed by atoms with E-state index in [1.165, 1.54) is 0 Å². The Morgan fingerprint density at radius 1 is 1.14 bits per heavy atom. The molecule has 0 aromatic rings. The first-order valence-corrected chi connectivity index (χ1v) is 7.81. The third kappa shape index (κ3) is 4.57. The van der Waals surface area contributed by atoms with E-state index in [1.54, 1.807) is 0 Å². The monoisotopic (exact) mass is 298 g/mol. The van der Waals surface area contributed by atoms with Gasteiger partial charge in [0.2, 0.25) is 0 Å². The van der Waals surface area contributed by atoms with E-state index in [0.717, 1.165) is 45.6 Å². The number of piperazine rings is 1. The van der Waals surface area contributed by atoms with Crippen molar-refractivity contribution >= 4 is 12.0 Å².